The SMILES string of the molecule is CCCCC/C=C\C/C=C\C/C=C\CCCCCCC(=O)OC[C@H](CO)OC(=O)CCCCCCCCCCC/C=C\C/C=C\CCCCC. The summed E-state index contributed by atoms with van der Waals surface area (Å²) in [6, 6.07) is 0. The van der Waals surface area contributed by atoms with Crippen LogP contribution < -0.4 is 0 Å². The fourth-order valence-corrected chi connectivity index (χ4v) is 5.59. The number of hydrogen-bond donors (Lipinski definition) is 1. The molecule has 0 aromatic rings. The van der Waals surface area contributed by atoms with Gasteiger partial charge in [0.2, 0.25) is 0 Å². The molecule has 50 heavy (non-hydrogen) atoms. The largest absolute Gasteiger partial charge is 0.462 e. The molecule has 0 aliphatic heterocycles. The van der Waals surface area contributed by atoms with Crippen LogP contribution in [0.5, 0.6) is 0 Å². The van der Waals surface area contributed by atoms with Crippen LogP contribution in [0.1, 0.15) is 194 Å². The molecule has 0 aromatic heterocycles. The van der Waals surface area contributed by atoms with E-state index >= 15 is 0 Å². The second-order valence-electron chi connectivity index (χ2n) is 13.7. The molecular weight excluding hydrogens is 620 g/mol. The van der Waals surface area contributed by atoms with Crippen molar-refractivity contribution in [1.82, 2.24) is 0 Å². The molecule has 0 aliphatic carbocycles. The van der Waals surface area contributed by atoms with Crippen molar-refractivity contribution in [2.24, 2.45) is 0 Å². The van der Waals surface area contributed by atoms with Gasteiger partial charge in [-0.15, -0.1) is 0 Å². The molecule has 288 valence electrons. The molecule has 0 radical (unpaired) electrons. The number of esters is 2. The van der Waals surface area contributed by atoms with Gasteiger partial charge in [0, 0.05) is 12.8 Å². The Morgan fingerprint density at radius 1 is 0.460 bits per heavy atom. The molecule has 0 rings (SSSR count). The van der Waals surface area contributed by atoms with Crippen molar-refractivity contribution in [3.05, 3.63) is 60.8 Å². The predicted octanol–water partition coefficient (Wildman–Crippen LogP) is 13.2. The van der Waals surface area contributed by atoms with Gasteiger partial charge in [-0.3, -0.25) is 9.59 Å². The zero-order valence-electron chi connectivity index (χ0n) is 32.6. The van der Waals surface area contributed by atoms with E-state index in [1.54, 1.807) is 0 Å². The number of unbranched alkanes of at least 4 members (excludes halogenated alkanes) is 19. The third-order valence-electron chi connectivity index (χ3n) is 8.78. The van der Waals surface area contributed by atoms with Crippen molar-refractivity contribution in [1.29, 1.82) is 0 Å². The second-order valence-corrected chi connectivity index (χ2v) is 13.7. The van der Waals surface area contributed by atoms with Gasteiger partial charge >= 0.3 is 11.9 Å². The Balaban J connectivity index is 3.60. The fourth-order valence-electron chi connectivity index (χ4n) is 5.59. The number of hydrogen-bond acceptors (Lipinski definition) is 5. The van der Waals surface area contributed by atoms with Crippen molar-refractivity contribution >= 4 is 11.9 Å². The van der Waals surface area contributed by atoms with E-state index in [9.17, 15) is 14.7 Å². The van der Waals surface area contributed by atoms with E-state index in [4.69, 9.17) is 9.47 Å². The zero-order chi connectivity index (χ0) is 36.4. The van der Waals surface area contributed by atoms with Gasteiger partial charge in [0.1, 0.15) is 6.61 Å². The van der Waals surface area contributed by atoms with E-state index in [1.807, 2.05) is 0 Å². The summed E-state index contributed by atoms with van der Waals surface area (Å²) >= 11 is 0. The van der Waals surface area contributed by atoms with Gasteiger partial charge in [0.05, 0.1) is 6.61 Å². The normalized spacial score (nSPS) is 12.8. The van der Waals surface area contributed by atoms with Crippen molar-refractivity contribution in [2.75, 3.05) is 13.2 Å². The van der Waals surface area contributed by atoms with E-state index in [0.717, 1.165) is 70.6 Å². The van der Waals surface area contributed by atoms with Crippen molar-refractivity contribution in [2.45, 2.75) is 200 Å². The molecule has 5 nitrogen and oxygen atoms in total. The highest BCUT2D eigenvalue weighted by Gasteiger charge is 2.16. The van der Waals surface area contributed by atoms with Crippen LogP contribution in [0.2, 0.25) is 0 Å². The highest BCUT2D eigenvalue weighted by molar-refractivity contribution is 5.70. The number of rotatable bonds is 37. The average Bonchev–Trinajstić information content (AvgIpc) is 3.12. The third-order valence-corrected chi connectivity index (χ3v) is 8.78. The third kappa shape index (κ3) is 38.4. The smallest absolute Gasteiger partial charge is 0.306 e. The summed E-state index contributed by atoms with van der Waals surface area (Å²) in [5.74, 6) is -0.622. The van der Waals surface area contributed by atoms with Gasteiger partial charge < -0.3 is 14.6 Å². The lowest BCUT2D eigenvalue weighted by atomic mass is 10.1. The van der Waals surface area contributed by atoms with Crippen molar-refractivity contribution in [3.63, 3.8) is 0 Å². The molecule has 0 aromatic carbocycles. The van der Waals surface area contributed by atoms with Crippen LogP contribution in [-0.2, 0) is 19.1 Å². The summed E-state index contributed by atoms with van der Waals surface area (Å²) in [6.45, 7) is 4.06. The van der Waals surface area contributed by atoms with E-state index < -0.39 is 6.10 Å². The van der Waals surface area contributed by atoms with Crippen molar-refractivity contribution in [3.8, 4) is 0 Å². The molecule has 0 aliphatic rings. The molecular formula is C45H78O5. The molecule has 1 N–H and O–H groups in total. The maximum absolute atomic E-state index is 12.2. The Morgan fingerprint density at radius 3 is 1.20 bits per heavy atom. The lowest BCUT2D eigenvalue weighted by molar-refractivity contribution is -0.161. The first-order chi connectivity index (χ1) is 24.6. The highest BCUT2D eigenvalue weighted by atomic mass is 16.6. The fraction of sp³-hybridized carbons (Fsp3) is 0.733. The molecule has 0 spiro atoms. The van der Waals surface area contributed by atoms with Gasteiger partial charge in [-0.05, 0) is 83.5 Å². The maximum atomic E-state index is 12.2. The van der Waals surface area contributed by atoms with E-state index in [2.05, 4.69) is 74.6 Å². The Morgan fingerprint density at radius 2 is 0.800 bits per heavy atom. The molecule has 0 amide bonds. The summed E-state index contributed by atoms with van der Waals surface area (Å²) in [5.41, 5.74) is 0. The minimum absolute atomic E-state index is 0.0810. The predicted molar refractivity (Wildman–Crippen MR) is 214 cm³/mol. The topological polar surface area (TPSA) is 72.8 Å². The molecule has 0 saturated carbocycles. The molecule has 0 bridgehead atoms. The summed E-state index contributed by atoms with van der Waals surface area (Å²) in [5, 5.41) is 9.57. The first-order valence-corrected chi connectivity index (χ1v) is 20.8. The molecule has 0 saturated heterocycles. The zero-order valence-corrected chi connectivity index (χ0v) is 32.6. The molecule has 0 fully saturated rings. The lowest BCUT2D eigenvalue weighted by Crippen LogP contribution is -2.28. The molecule has 0 unspecified atom stereocenters. The van der Waals surface area contributed by atoms with Gasteiger partial charge in [0.15, 0.2) is 6.10 Å². The quantitative estimate of drug-likeness (QED) is 0.0397. The van der Waals surface area contributed by atoms with E-state index in [-0.39, 0.29) is 25.2 Å². The van der Waals surface area contributed by atoms with Crippen molar-refractivity contribution < 1.29 is 24.2 Å². The Bertz CT molecular complexity index is 884. The number of allylic oxidation sites excluding steroid dienone is 10. The van der Waals surface area contributed by atoms with Gasteiger partial charge in [0.25, 0.3) is 0 Å². The highest BCUT2D eigenvalue weighted by Crippen LogP contribution is 2.13. The number of carbonyl (C=O) groups is 2. The number of aliphatic hydroxyl groups excluding tert-OH is 1. The van der Waals surface area contributed by atoms with Gasteiger partial charge in [-0.2, -0.15) is 0 Å². The number of aliphatic hydroxyl groups is 1. The van der Waals surface area contributed by atoms with Gasteiger partial charge in [-0.1, -0.05) is 158 Å². The summed E-state index contributed by atoms with van der Waals surface area (Å²) < 4.78 is 10.6. The minimum atomic E-state index is -0.784. The monoisotopic (exact) mass is 699 g/mol. The van der Waals surface area contributed by atoms with Crippen LogP contribution >= 0.6 is 0 Å². The number of carbonyl (C=O) groups excluding carboxylic acids is 2. The van der Waals surface area contributed by atoms with Crippen LogP contribution in [0.15, 0.2) is 60.8 Å². The van der Waals surface area contributed by atoms with Crippen LogP contribution in [0.25, 0.3) is 0 Å². The Labute approximate surface area is 309 Å². The minimum Gasteiger partial charge on any atom is -0.462 e. The molecule has 1 atom stereocenters. The lowest BCUT2D eigenvalue weighted by Gasteiger charge is -2.15. The average molecular weight is 699 g/mol. The second kappa shape index (κ2) is 41.0. The van der Waals surface area contributed by atoms with Crippen LogP contribution in [-0.4, -0.2) is 36.4 Å². The Kier molecular flexibility index (Phi) is 39.1. The van der Waals surface area contributed by atoms with Crippen LogP contribution in [0, 0.1) is 0 Å². The standard InChI is InChI=1S/C45H78O5/c1-3-5-7-9-11-13-15-17-19-21-22-24-26-28-30-32-34-36-38-40-45(48)50-43(41-46)42-49-44(47)39-37-35-33-31-29-27-25-23-20-18-16-14-12-10-8-6-4-2/h11-14,17-20,25,27,43,46H,3-10,15-16,21-24,26,28-42H2,1-2H3/b13-11-,14-12-,19-17-,20-18-,27-25-/t43-/m0/s1. The number of ether oxygens (including phenoxy) is 2. The summed E-state index contributed by atoms with van der Waals surface area (Å²) in [7, 11) is 0. The first kappa shape index (κ1) is 47.6. The van der Waals surface area contributed by atoms with Crippen LogP contribution in [0.3, 0.4) is 0 Å². The Hall–Kier alpha value is -2.40. The maximum Gasteiger partial charge on any atom is 0.306 e. The molecule has 0 heterocycles. The summed E-state index contributed by atoms with van der Waals surface area (Å²) in [6.07, 6.45) is 52.8. The first-order valence-electron chi connectivity index (χ1n) is 20.8. The van der Waals surface area contributed by atoms with E-state index in [0.29, 0.717) is 12.8 Å². The van der Waals surface area contributed by atoms with Crippen LogP contribution in [0.4, 0.5) is 0 Å². The summed E-state index contributed by atoms with van der Waals surface area (Å²) in [4.78, 5) is 24.3. The van der Waals surface area contributed by atoms with E-state index in [1.165, 1.54) is 96.3 Å². The van der Waals surface area contributed by atoms with Gasteiger partial charge in [-0.25, -0.2) is 0 Å². The molecule has 5 heteroatoms.